The molecule has 2 aromatic carbocycles. The number of amides is 1. The van der Waals surface area contributed by atoms with Crippen molar-refractivity contribution in [2.45, 2.75) is 6.54 Å². The first-order valence-electron chi connectivity index (χ1n) is 8.06. The lowest BCUT2D eigenvalue weighted by Crippen LogP contribution is -2.24. The van der Waals surface area contributed by atoms with Gasteiger partial charge in [0.1, 0.15) is 11.6 Å². The molecule has 0 aliphatic rings. The third-order valence-corrected chi connectivity index (χ3v) is 3.81. The molecule has 0 aliphatic heterocycles. The minimum atomic E-state index is -0.140. The number of nitrogens with zero attached hydrogens (tertiary/aromatic N) is 3. The minimum absolute atomic E-state index is 0.140. The number of anilines is 1. The largest absolute Gasteiger partial charge is 0.363 e. The van der Waals surface area contributed by atoms with Crippen LogP contribution in [0.15, 0.2) is 66.9 Å². The second kappa shape index (κ2) is 7.57. The van der Waals surface area contributed by atoms with Crippen molar-refractivity contribution in [3.63, 3.8) is 0 Å². The zero-order valence-corrected chi connectivity index (χ0v) is 14.3. The topological polar surface area (TPSA) is 58.1 Å². The van der Waals surface area contributed by atoms with Gasteiger partial charge in [-0.1, -0.05) is 42.5 Å². The molecule has 0 atom stereocenters. The standard InChI is InChI=1S/C20H20N4O/c1-24(2)19-12-13-21-18(23-19)14-22-20(25)17-10-8-16(9-11-17)15-6-4-3-5-7-15/h3-13H,14H2,1-2H3,(H,22,25). The first-order chi connectivity index (χ1) is 12.1. The van der Waals surface area contributed by atoms with Gasteiger partial charge in [0, 0.05) is 25.9 Å². The third kappa shape index (κ3) is 4.20. The van der Waals surface area contributed by atoms with E-state index in [1.54, 1.807) is 6.20 Å². The monoisotopic (exact) mass is 332 g/mol. The molecule has 126 valence electrons. The van der Waals surface area contributed by atoms with Gasteiger partial charge in [-0.15, -0.1) is 0 Å². The summed E-state index contributed by atoms with van der Waals surface area (Å²) in [7, 11) is 3.83. The van der Waals surface area contributed by atoms with E-state index in [9.17, 15) is 4.79 Å². The maximum atomic E-state index is 12.3. The number of hydrogen-bond acceptors (Lipinski definition) is 4. The van der Waals surface area contributed by atoms with Gasteiger partial charge in [-0.3, -0.25) is 4.79 Å². The van der Waals surface area contributed by atoms with E-state index in [1.165, 1.54) is 0 Å². The first-order valence-corrected chi connectivity index (χ1v) is 8.06. The molecule has 3 rings (SSSR count). The lowest BCUT2D eigenvalue weighted by atomic mass is 10.0. The van der Waals surface area contributed by atoms with Gasteiger partial charge < -0.3 is 10.2 Å². The number of hydrogen-bond donors (Lipinski definition) is 1. The maximum Gasteiger partial charge on any atom is 0.251 e. The van der Waals surface area contributed by atoms with Crippen LogP contribution in [0.1, 0.15) is 16.2 Å². The SMILES string of the molecule is CN(C)c1ccnc(CNC(=O)c2ccc(-c3ccccc3)cc2)n1. The molecule has 25 heavy (non-hydrogen) atoms. The van der Waals surface area contributed by atoms with Crippen LogP contribution in [0.3, 0.4) is 0 Å². The molecule has 0 spiro atoms. The first kappa shape index (κ1) is 16.6. The normalized spacial score (nSPS) is 10.3. The Morgan fingerprint density at radius 1 is 0.960 bits per heavy atom. The van der Waals surface area contributed by atoms with Crippen LogP contribution >= 0.6 is 0 Å². The second-order valence-electron chi connectivity index (χ2n) is 5.85. The van der Waals surface area contributed by atoms with Crippen LogP contribution < -0.4 is 10.2 Å². The highest BCUT2D eigenvalue weighted by Gasteiger charge is 2.07. The smallest absolute Gasteiger partial charge is 0.251 e. The molecule has 0 bridgehead atoms. The van der Waals surface area contributed by atoms with Gasteiger partial charge in [0.15, 0.2) is 0 Å². The lowest BCUT2D eigenvalue weighted by Gasteiger charge is -2.12. The third-order valence-electron chi connectivity index (χ3n) is 3.81. The minimum Gasteiger partial charge on any atom is -0.363 e. The summed E-state index contributed by atoms with van der Waals surface area (Å²) in [6.07, 6.45) is 1.69. The Morgan fingerprint density at radius 3 is 2.32 bits per heavy atom. The van der Waals surface area contributed by atoms with Crippen molar-refractivity contribution in [1.82, 2.24) is 15.3 Å². The van der Waals surface area contributed by atoms with Crippen molar-refractivity contribution in [2.24, 2.45) is 0 Å². The van der Waals surface area contributed by atoms with E-state index in [0.29, 0.717) is 17.9 Å². The molecule has 0 saturated heterocycles. The number of aromatic nitrogens is 2. The Bertz CT molecular complexity index is 845. The maximum absolute atomic E-state index is 12.3. The molecule has 5 nitrogen and oxygen atoms in total. The molecule has 0 aliphatic carbocycles. The summed E-state index contributed by atoms with van der Waals surface area (Å²) < 4.78 is 0. The van der Waals surface area contributed by atoms with Crippen molar-refractivity contribution in [3.05, 3.63) is 78.2 Å². The van der Waals surface area contributed by atoms with E-state index < -0.39 is 0 Å². The number of rotatable bonds is 5. The van der Waals surface area contributed by atoms with Crippen LogP contribution in [0.4, 0.5) is 5.82 Å². The predicted molar refractivity (Wildman–Crippen MR) is 99.4 cm³/mol. The summed E-state index contributed by atoms with van der Waals surface area (Å²) in [4.78, 5) is 22.8. The van der Waals surface area contributed by atoms with Gasteiger partial charge in [0.2, 0.25) is 0 Å². The quantitative estimate of drug-likeness (QED) is 0.780. The summed E-state index contributed by atoms with van der Waals surface area (Å²) in [6.45, 7) is 0.293. The van der Waals surface area contributed by atoms with E-state index in [1.807, 2.05) is 79.7 Å². The zero-order chi connectivity index (χ0) is 17.6. The van der Waals surface area contributed by atoms with E-state index in [-0.39, 0.29) is 5.91 Å². The van der Waals surface area contributed by atoms with E-state index in [2.05, 4.69) is 15.3 Å². The molecular formula is C20H20N4O. The average Bonchev–Trinajstić information content (AvgIpc) is 2.67. The molecule has 1 N–H and O–H groups in total. The van der Waals surface area contributed by atoms with Gasteiger partial charge in [-0.2, -0.15) is 0 Å². The summed E-state index contributed by atoms with van der Waals surface area (Å²) in [5, 5.41) is 2.86. The lowest BCUT2D eigenvalue weighted by molar-refractivity contribution is 0.0950. The molecule has 1 aromatic heterocycles. The second-order valence-corrected chi connectivity index (χ2v) is 5.85. The number of carbonyl (C=O) groups is 1. The van der Waals surface area contributed by atoms with Crippen LogP contribution in [0.2, 0.25) is 0 Å². The summed E-state index contributed by atoms with van der Waals surface area (Å²) in [5.41, 5.74) is 2.82. The molecule has 0 fully saturated rings. The molecule has 1 heterocycles. The Morgan fingerprint density at radius 2 is 1.64 bits per heavy atom. The summed E-state index contributed by atoms with van der Waals surface area (Å²) in [5.74, 6) is 1.25. The van der Waals surface area contributed by atoms with Crippen LogP contribution in [0.25, 0.3) is 11.1 Å². The molecule has 3 aromatic rings. The Labute approximate surface area is 147 Å². The van der Waals surface area contributed by atoms with E-state index in [4.69, 9.17) is 0 Å². The fourth-order valence-corrected chi connectivity index (χ4v) is 2.43. The van der Waals surface area contributed by atoms with Gasteiger partial charge in [0.25, 0.3) is 5.91 Å². The van der Waals surface area contributed by atoms with Gasteiger partial charge in [-0.05, 0) is 29.3 Å². The highest BCUT2D eigenvalue weighted by molar-refractivity contribution is 5.94. The van der Waals surface area contributed by atoms with Gasteiger partial charge >= 0.3 is 0 Å². The highest BCUT2D eigenvalue weighted by Crippen LogP contribution is 2.19. The number of carbonyl (C=O) groups excluding carboxylic acids is 1. The molecule has 0 radical (unpaired) electrons. The zero-order valence-electron chi connectivity index (χ0n) is 14.3. The van der Waals surface area contributed by atoms with E-state index in [0.717, 1.165) is 16.9 Å². The van der Waals surface area contributed by atoms with Gasteiger partial charge in [0.05, 0.1) is 6.54 Å². The van der Waals surface area contributed by atoms with Crippen LogP contribution in [-0.2, 0) is 6.54 Å². The summed E-state index contributed by atoms with van der Waals surface area (Å²) in [6, 6.07) is 19.5. The average molecular weight is 332 g/mol. The molecule has 0 unspecified atom stereocenters. The van der Waals surface area contributed by atoms with E-state index >= 15 is 0 Å². The van der Waals surface area contributed by atoms with Crippen LogP contribution in [0.5, 0.6) is 0 Å². The molecule has 0 saturated carbocycles. The Hall–Kier alpha value is -3.21. The van der Waals surface area contributed by atoms with Crippen molar-refractivity contribution >= 4 is 11.7 Å². The van der Waals surface area contributed by atoms with Crippen molar-refractivity contribution < 1.29 is 4.79 Å². The number of nitrogens with one attached hydrogen (secondary N) is 1. The van der Waals surface area contributed by atoms with Crippen LogP contribution in [-0.4, -0.2) is 30.0 Å². The fraction of sp³-hybridized carbons (Fsp3) is 0.150. The Balaban J connectivity index is 1.65. The molecule has 5 heteroatoms. The number of benzene rings is 2. The predicted octanol–water partition coefficient (Wildman–Crippen LogP) is 3.14. The van der Waals surface area contributed by atoms with Crippen LogP contribution in [0, 0.1) is 0 Å². The highest BCUT2D eigenvalue weighted by atomic mass is 16.1. The Kier molecular flexibility index (Phi) is 5.04. The van der Waals surface area contributed by atoms with Crippen molar-refractivity contribution in [3.8, 4) is 11.1 Å². The molecule has 1 amide bonds. The van der Waals surface area contributed by atoms with Crippen molar-refractivity contribution in [2.75, 3.05) is 19.0 Å². The summed E-state index contributed by atoms with van der Waals surface area (Å²) >= 11 is 0. The fourth-order valence-electron chi connectivity index (χ4n) is 2.43. The van der Waals surface area contributed by atoms with Gasteiger partial charge in [-0.25, -0.2) is 9.97 Å². The van der Waals surface area contributed by atoms with Crippen molar-refractivity contribution in [1.29, 1.82) is 0 Å². The molecular weight excluding hydrogens is 312 g/mol.